The molecule has 25 heavy (non-hydrogen) atoms. The quantitative estimate of drug-likeness (QED) is 0.365. The highest BCUT2D eigenvalue weighted by Crippen LogP contribution is 2.32. The molecule has 0 aliphatic carbocycles. The van der Waals surface area contributed by atoms with Crippen LogP contribution in [-0.4, -0.2) is 44.2 Å². The lowest BCUT2D eigenvalue weighted by Gasteiger charge is -2.21. The van der Waals surface area contributed by atoms with Gasteiger partial charge in [0.05, 0.1) is 19.8 Å². The smallest absolute Gasteiger partial charge is 0.239 e. The maximum Gasteiger partial charge on any atom is 0.239 e. The minimum Gasteiger partial charge on any atom is -0.490 e. The van der Waals surface area contributed by atoms with Gasteiger partial charge >= 0.3 is 0 Å². The summed E-state index contributed by atoms with van der Waals surface area (Å²) in [5, 5.41) is 9.02. The van der Waals surface area contributed by atoms with Gasteiger partial charge in [-0.2, -0.15) is 0 Å². The van der Waals surface area contributed by atoms with Gasteiger partial charge < -0.3 is 25.4 Å². The van der Waals surface area contributed by atoms with Crippen LogP contribution in [-0.2, 0) is 4.79 Å². The molecule has 0 bridgehead atoms. The van der Waals surface area contributed by atoms with E-state index < -0.39 is 0 Å². The van der Waals surface area contributed by atoms with E-state index in [0.29, 0.717) is 24.9 Å². The van der Waals surface area contributed by atoms with Gasteiger partial charge in [-0.25, -0.2) is 0 Å². The van der Waals surface area contributed by atoms with Gasteiger partial charge in [-0.05, 0) is 32.9 Å². The number of amides is 1. The molecule has 1 aromatic carbocycles. The molecule has 2 rings (SSSR count). The largest absolute Gasteiger partial charge is 0.490 e. The molecule has 0 aromatic heterocycles. The van der Waals surface area contributed by atoms with Crippen LogP contribution in [0.3, 0.4) is 0 Å². The van der Waals surface area contributed by atoms with Gasteiger partial charge in [0, 0.05) is 30.8 Å². The molecule has 7 nitrogen and oxygen atoms in total. The van der Waals surface area contributed by atoms with Gasteiger partial charge in [0.1, 0.15) is 0 Å². The van der Waals surface area contributed by atoms with E-state index in [-0.39, 0.29) is 42.0 Å². The summed E-state index contributed by atoms with van der Waals surface area (Å²) < 4.78 is 11.3. The molecule has 0 saturated heterocycles. The molecule has 0 spiro atoms. The Kier molecular flexibility index (Phi) is 8.27. The third-order valence-electron chi connectivity index (χ3n) is 3.16. The number of benzene rings is 1. The van der Waals surface area contributed by atoms with Crippen molar-refractivity contribution in [1.82, 2.24) is 10.6 Å². The maximum absolute atomic E-state index is 11.9. The standard InChI is InChI=1S/C17H26N4O3.HI/c1-17(2,3)21-15(22)11-19-16(18-4)20-12-6-7-13-14(10-12)24-9-5-8-23-13;/h6-7,10H,5,8-9,11H2,1-4H3,(H,21,22)(H2,18,19,20);1H. The number of hydrogen-bond donors (Lipinski definition) is 3. The van der Waals surface area contributed by atoms with Crippen molar-refractivity contribution in [1.29, 1.82) is 0 Å². The van der Waals surface area contributed by atoms with Crippen molar-refractivity contribution in [3.8, 4) is 11.5 Å². The maximum atomic E-state index is 11.9. The summed E-state index contributed by atoms with van der Waals surface area (Å²) in [5.41, 5.74) is 0.549. The van der Waals surface area contributed by atoms with Crippen molar-refractivity contribution >= 4 is 41.5 Å². The number of nitrogens with zero attached hydrogens (tertiary/aromatic N) is 1. The first kappa shape index (κ1) is 21.3. The average molecular weight is 462 g/mol. The summed E-state index contributed by atoms with van der Waals surface area (Å²) in [5.74, 6) is 1.86. The van der Waals surface area contributed by atoms with Crippen LogP contribution in [0.1, 0.15) is 27.2 Å². The Hall–Kier alpha value is -1.71. The fraction of sp³-hybridized carbons (Fsp3) is 0.529. The number of aliphatic imine (C=N–C) groups is 1. The third-order valence-corrected chi connectivity index (χ3v) is 3.16. The first-order valence-electron chi connectivity index (χ1n) is 8.06. The Morgan fingerprint density at radius 1 is 1.20 bits per heavy atom. The fourth-order valence-corrected chi connectivity index (χ4v) is 2.18. The van der Waals surface area contributed by atoms with Crippen LogP contribution in [0.4, 0.5) is 5.69 Å². The molecule has 0 unspecified atom stereocenters. The molecular weight excluding hydrogens is 435 g/mol. The molecule has 140 valence electrons. The van der Waals surface area contributed by atoms with Crippen molar-refractivity contribution in [2.24, 2.45) is 4.99 Å². The zero-order valence-electron chi connectivity index (χ0n) is 15.1. The van der Waals surface area contributed by atoms with Gasteiger partial charge in [-0.3, -0.25) is 9.79 Å². The lowest BCUT2D eigenvalue weighted by atomic mass is 10.1. The summed E-state index contributed by atoms with van der Waals surface area (Å²) in [6, 6.07) is 5.61. The zero-order valence-corrected chi connectivity index (χ0v) is 17.5. The third kappa shape index (κ3) is 7.37. The summed E-state index contributed by atoms with van der Waals surface area (Å²) in [6.45, 7) is 7.25. The molecule has 1 amide bonds. The highest BCUT2D eigenvalue weighted by molar-refractivity contribution is 14.0. The van der Waals surface area contributed by atoms with Crippen molar-refractivity contribution in [2.75, 3.05) is 32.1 Å². The van der Waals surface area contributed by atoms with Crippen molar-refractivity contribution in [2.45, 2.75) is 32.7 Å². The molecule has 1 aromatic rings. The second kappa shape index (κ2) is 9.69. The Labute approximate surface area is 166 Å². The molecule has 0 radical (unpaired) electrons. The molecule has 1 aliphatic rings. The predicted octanol–water partition coefficient (Wildman–Crippen LogP) is 2.37. The van der Waals surface area contributed by atoms with E-state index in [1.54, 1.807) is 7.05 Å². The van der Waals surface area contributed by atoms with Gasteiger partial charge in [-0.1, -0.05) is 0 Å². The summed E-state index contributed by atoms with van der Waals surface area (Å²) >= 11 is 0. The van der Waals surface area contributed by atoms with E-state index in [9.17, 15) is 4.79 Å². The molecular formula is C17H27IN4O3. The second-order valence-electron chi connectivity index (χ2n) is 6.56. The van der Waals surface area contributed by atoms with E-state index in [4.69, 9.17) is 9.47 Å². The van der Waals surface area contributed by atoms with Gasteiger partial charge in [0.2, 0.25) is 5.91 Å². The Morgan fingerprint density at radius 2 is 1.88 bits per heavy atom. The number of nitrogens with one attached hydrogen (secondary N) is 3. The van der Waals surface area contributed by atoms with E-state index in [0.717, 1.165) is 17.9 Å². The van der Waals surface area contributed by atoms with Crippen molar-refractivity contribution in [3.63, 3.8) is 0 Å². The number of hydrogen-bond acceptors (Lipinski definition) is 4. The number of carbonyl (C=O) groups is 1. The lowest BCUT2D eigenvalue weighted by Crippen LogP contribution is -2.46. The van der Waals surface area contributed by atoms with E-state index in [1.165, 1.54) is 0 Å². The predicted molar refractivity (Wildman–Crippen MR) is 110 cm³/mol. The van der Waals surface area contributed by atoms with E-state index in [1.807, 2.05) is 39.0 Å². The number of halogens is 1. The first-order valence-corrected chi connectivity index (χ1v) is 8.06. The van der Waals surface area contributed by atoms with Gasteiger partial charge in [0.15, 0.2) is 17.5 Å². The molecule has 1 heterocycles. The van der Waals surface area contributed by atoms with Crippen molar-refractivity contribution < 1.29 is 14.3 Å². The Morgan fingerprint density at radius 3 is 2.52 bits per heavy atom. The molecule has 1 aliphatic heterocycles. The van der Waals surface area contributed by atoms with Crippen LogP contribution < -0.4 is 25.4 Å². The van der Waals surface area contributed by atoms with E-state index >= 15 is 0 Å². The zero-order chi connectivity index (χ0) is 17.6. The number of fused-ring (bicyclic) bond motifs is 1. The molecule has 8 heteroatoms. The minimum absolute atomic E-state index is 0. The molecule has 3 N–H and O–H groups in total. The highest BCUT2D eigenvalue weighted by Gasteiger charge is 2.14. The number of rotatable bonds is 3. The van der Waals surface area contributed by atoms with Crippen LogP contribution in [0.15, 0.2) is 23.2 Å². The normalized spacial score (nSPS) is 14.0. The van der Waals surface area contributed by atoms with Crippen LogP contribution >= 0.6 is 24.0 Å². The Bertz CT molecular complexity index is 614. The number of ether oxygens (including phenoxy) is 2. The molecule has 0 saturated carbocycles. The topological polar surface area (TPSA) is 84.0 Å². The van der Waals surface area contributed by atoms with Crippen molar-refractivity contribution in [3.05, 3.63) is 18.2 Å². The number of carbonyl (C=O) groups excluding carboxylic acids is 1. The summed E-state index contributed by atoms with van der Waals surface area (Å²) in [7, 11) is 1.65. The van der Waals surface area contributed by atoms with Gasteiger partial charge in [0.25, 0.3) is 0 Å². The lowest BCUT2D eigenvalue weighted by molar-refractivity contribution is -0.121. The van der Waals surface area contributed by atoms with Crippen LogP contribution in [0.2, 0.25) is 0 Å². The number of anilines is 1. The minimum atomic E-state index is -0.260. The molecule has 0 atom stereocenters. The SMILES string of the molecule is CN=C(NCC(=O)NC(C)(C)C)Nc1ccc2c(c1)OCCCO2.I. The van der Waals surface area contributed by atoms with Crippen LogP contribution in [0.5, 0.6) is 11.5 Å². The van der Waals surface area contributed by atoms with Crippen LogP contribution in [0.25, 0.3) is 0 Å². The second-order valence-corrected chi connectivity index (χ2v) is 6.56. The molecule has 0 fully saturated rings. The fourth-order valence-electron chi connectivity index (χ4n) is 2.18. The Balaban J connectivity index is 0.00000312. The summed E-state index contributed by atoms with van der Waals surface area (Å²) in [6.07, 6.45) is 0.865. The summed E-state index contributed by atoms with van der Waals surface area (Å²) in [4.78, 5) is 16.0. The average Bonchev–Trinajstić information content (AvgIpc) is 2.74. The highest BCUT2D eigenvalue weighted by atomic mass is 127. The first-order chi connectivity index (χ1) is 11.4. The van der Waals surface area contributed by atoms with Gasteiger partial charge in [-0.15, -0.1) is 24.0 Å². The monoisotopic (exact) mass is 462 g/mol. The van der Waals surface area contributed by atoms with E-state index in [2.05, 4.69) is 20.9 Å². The number of guanidine groups is 1. The van der Waals surface area contributed by atoms with Crippen LogP contribution in [0, 0.1) is 0 Å².